The average Bonchev–Trinajstić information content (AvgIpc) is 2.98. The third-order valence-corrected chi connectivity index (χ3v) is 3.31. The first-order chi connectivity index (χ1) is 10.1. The fourth-order valence-corrected chi connectivity index (χ4v) is 1.93. The smallest absolute Gasteiger partial charge is 0.260 e. The minimum Gasteiger partial charge on any atom is -0.484 e. The maximum Gasteiger partial charge on any atom is 0.260 e. The molecule has 21 heavy (non-hydrogen) atoms. The van der Waals surface area contributed by atoms with Crippen molar-refractivity contribution in [1.82, 2.24) is 4.90 Å². The fourth-order valence-electron chi connectivity index (χ4n) is 1.93. The first-order valence-electron chi connectivity index (χ1n) is 7.05. The normalized spacial score (nSPS) is 10.7. The van der Waals surface area contributed by atoms with Gasteiger partial charge in [0.25, 0.3) is 5.91 Å². The molecule has 0 spiro atoms. The maximum atomic E-state index is 12.0. The lowest BCUT2D eigenvalue weighted by Crippen LogP contribution is -2.30. The molecule has 2 aromatic rings. The Kier molecular flexibility index (Phi) is 5.04. The van der Waals surface area contributed by atoms with E-state index in [1.165, 1.54) is 5.56 Å². The van der Waals surface area contributed by atoms with Crippen molar-refractivity contribution in [3.63, 3.8) is 0 Å². The fraction of sp³-hybridized carbons (Fsp3) is 0.353. The molecule has 1 aromatic heterocycles. The summed E-state index contributed by atoms with van der Waals surface area (Å²) in [5, 5.41) is 0. The predicted octanol–water partition coefficient (Wildman–Crippen LogP) is 3.44. The lowest BCUT2D eigenvalue weighted by Gasteiger charge is -2.16. The van der Waals surface area contributed by atoms with Gasteiger partial charge in [0.1, 0.15) is 11.5 Å². The first kappa shape index (κ1) is 15.2. The van der Waals surface area contributed by atoms with Crippen LogP contribution in [0.25, 0.3) is 0 Å². The lowest BCUT2D eigenvalue weighted by molar-refractivity contribution is -0.132. The van der Waals surface area contributed by atoms with E-state index < -0.39 is 0 Å². The summed E-state index contributed by atoms with van der Waals surface area (Å²) in [5.41, 5.74) is 1.25. The number of ether oxygens (including phenoxy) is 1. The molecular formula is C17H21NO3. The monoisotopic (exact) mass is 287 g/mol. The molecule has 0 unspecified atom stereocenters. The van der Waals surface area contributed by atoms with Crippen LogP contribution in [0.15, 0.2) is 47.1 Å². The zero-order valence-corrected chi connectivity index (χ0v) is 12.7. The second-order valence-electron chi connectivity index (χ2n) is 5.34. The van der Waals surface area contributed by atoms with Crippen LogP contribution in [0.3, 0.4) is 0 Å². The van der Waals surface area contributed by atoms with E-state index in [0.717, 1.165) is 5.76 Å². The van der Waals surface area contributed by atoms with Crippen molar-refractivity contribution >= 4 is 5.91 Å². The van der Waals surface area contributed by atoms with Crippen LogP contribution >= 0.6 is 0 Å². The van der Waals surface area contributed by atoms with Crippen molar-refractivity contribution in [3.05, 3.63) is 54.0 Å². The molecular weight excluding hydrogens is 266 g/mol. The minimum atomic E-state index is -0.0839. The molecule has 0 atom stereocenters. The van der Waals surface area contributed by atoms with Gasteiger partial charge in [-0.1, -0.05) is 26.0 Å². The van der Waals surface area contributed by atoms with Crippen molar-refractivity contribution in [2.75, 3.05) is 13.7 Å². The molecule has 2 rings (SSSR count). The predicted molar refractivity (Wildman–Crippen MR) is 81.2 cm³/mol. The van der Waals surface area contributed by atoms with Gasteiger partial charge in [-0.05, 0) is 35.7 Å². The highest BCUT2D eigenvalue weighted by Crippen LogP contribution is 2.18. The molecule has 0 aliphatic rings. The largest absolute Gasteiger partial charge is 0.484 e. The third-order valence-electron chi connectivity index (χ3n) is 3.31. The number of hydrogen-bond donors (Lipinski definition) is 0. The van der Waals surface area contributed by atoms with E-state index in [4.69, 9.17) is 9.15 Å². The molecule has 0 N–H and O–H groups in total. The van der Waals surface area contributed by atoms with E-state index in [0.29, 0.717) is 18.2 Å². The molecule has 4 nitrogen and oxygen atoms in total. The van der Waals surface area contributed by atoms with Crippen LogP contribution in [0.5, 0.6) is 5.75 Å². The SMILES string of the molecule is CC(C)c1ccc(OCC(=O)N(C)Cc2ccco2)cc1. The average molecular weight is 287 g/mol. The van der Waals surface area contributed by atoms with Crippen molar-refractivity contribution < 1.29 is 13.9 Å². The van der Waals surface area contributed by atoms with Gasteiger partial charge in [-0.2, -0.15) is 0 Å². The van der Waals surface area contributed by atoms with E-state index in [9.17, 15) is 4.79 Å². The lowest BCUT2D eigenvalue weighted by atomic mass is 10.0. The van der Waals surface area contributed by atoms with E-state index in [1.807, 2.05) is 30.3 Å². The second kappa shape index (κ2) is 6.97. The molecule has 0 saturated heterocycles. The van der Waals surface area contributed by atoms with Gasteiger partial charge in [0.05, 0.1) is 12.8 Å². The number of hydrogen-bond acceptors (Lipinski definition) is 3. The maximum absolute atomic E-state index is 12.0. The zero-order valence-electron chi connectivity index (χ0n) is 12.7. The number of nitrogens with zero attached hydrogens (tertiary/aromatic N) is 1. The quantitative estimate of drug-likeness (QED) is 0.817. The second-order valence-corrected chi connectivity index (χ2v) is 5.34. The highest BCUT2D eigenvalue weighted by atomic mass is 16.5. The van der Waals surface area contributed by atoms with Gasteiger partial charge in [-0.15, -0.1) is 0 Å². The van der Waals surface area contributed by atoms with Gasteiger partial charge < -0.3 is 14.1 Å². The summed E-state index contributed by atoms with van der Waals surface area (Å²) in [6.07, 6.45) is 1.60. The molecule has 1 heterocycles. The Hall–Kier alpha value is -2.23. The molecule has 0 fully saturated rings. The number of amides is 1. The van der Waals surface area contributed by atoms with Gasteiger partial charge in [-0.3, -0.25) is 4.79 Å². The van der Waals surface area contributed by atoms with Crippen LogP contribution in [0.2, 0.25) is 0 Å². The molecule has 0 aliphatic heterocycles. The van der Waals surface area contributed by atoms with Crippen LogP contribution in [0.4, 0.5) is 0 Å². The van der Waals surface area contributed by atoms with Crippen LogP contribution in [0, 0.1) is 0 Å². The van der Waals surface area contributed by atoms with Crippen LogP contribution in [0.1, 0.15) is 31.1 Å². The zero-order chi connectivity index (χ0) is 15.2. The van der Waals surface area contributed by atoms with E-state index >= 15 is 0 Å². The van der Waals surface area contributed by atoms with Gasteiger partial charge in [0.2, 0.25) is 0 Å². The molecule has 112 valence electrons. The number of furan rings is 1. The standard InChI is InChI=1S/C17H21NO3/c1-13(2)14-6-8-15(9-7-14)21-12-17(19)18(3)11-16-5-4-10-20-16/h4-10,13H,11-12H2,1-3H3. The first-order valence-corrected chi connectivity index (χ1v) is 7.05. The summed E-state index contributed by atoms with van der Waals surface area (Å²) in [7, 11) is 1.73. The van der Waals surface area contributed by atoms with Crippen molar-refractivity contribution in [2.45, 2.75) is 26.3 Å². The van der Waals surface area contributed by atoms with Gasteiger partial charge in [-0.25, -0.2) is 0 Å². The highest BCUT2D eigenvalue weighted by molar-refractivity contribution is 5.77. The van der Waals surface area contributed by atoms with Crippen LogP contribution < -0.4 is 4.74 Å². The molecule has 0 radical (unpaired) electrons. The summed E-state index contributed by atoms with van der Waals surface area (Å²) in [5.74, 6) is 1.87. The summed E-state index contributed by atoms with van der Waals surface area (Å²) in [4.78, 5) is 13.6. The summed E-state index contributed by atoms with van der Waals surface area (Å²) < 4.78 is 10.7. The Labute approximate surface area is 125 Å². The molecule has 0 saturated carbocycles. The topological polar surface area (TPSA) is 42.7 Å². The molecule has 0 aliphatic carbocycles. The van der Waals surface area contributed by atoms with Gasteiger partial charge in [0.15, 0.2) is 6.61 Å². The molecule has 0 bridgehead atoms. The Morgan fingerprint density at radius 2 is 1.95 bits per heavy atom. The Balaban J connectivity index is 1.83. The van der Waals surface area contributed by atoms with Gasteiger partial charge in [0, 0.05) is 7.05 Å². The van der Waals surface area contributed by atoms with E-state index in [2.05, 4.69) is 13.8 Å². The third kappa shape index (κ3) is 4.38. The Morgan fingerprint density at radius 3 is 2.52 bits per heavy atom. The van der Waals surface area contributed by atoms with Crippen LogP contribution in [-0.4, -0.2) is 24.5 Å². The highest BCUT2D eigenvalue weighted by Gasteiger charge is 2.11. The van der Waals surface area contributed by atoms with E-state index in [-0.39, 0.29) is 12.5 Å². The Morgan fingerprint density at radius 1 is 1.24 bits per heavy atom. The number of benzene rings is 1. The molecule has 4 heteroatoms. The number of carbonyl (C=O) groups is 1. The number of likely N-dealkylation sites (N-methyl/N-ethyl adjacent to an activating group) is 1. The van der Waals surface area contributed by atoms with E-state index in [1.54, 1.807) is 24.3 Å². The minimum absolute atomic E-state index is 0.0260. The Bertz CT molecular complexity index is 558. The molecule has 1 amide bonds. The van der Waals surface area contributed by atoms with Crippen molar-refractivity contribution in [1.29, 1.82) is 0 Å². The van der Waals surface area contributed by atoms with Gasteiger partial charge >= 0.3 is 0 Å². The summed E-state index contributed by atoms with van der Waals surface area (Å²) >= 11 is 0. The molecule has 1 aromatic carbocycles. The van der Waals surface area contributed by atoms with Crippen LogP contribution in [-0.2, 0) is 11.3 Å². The summed E-state index contributed by atoms with van der Waals surface area (Å²) in [6, 6.07) is 11.5. The van der Waals surface area contributed by atoms with Crippen molar-refractivity contribution in [3.8, 4) is 5.75 Å². The van der Waals surface area contributed by atoms with Crippen molar-refractivity contribution in [2.24, 2.45) is 0 Å². The number of carbonyl (C=O) groups excluding carboxylic acids is 1. The number of rotatable bonds is 6. The summed E-state index contributed by atoms with van der Waals surface area (Å²) in [6.45, 7) is 4.76.